The van der Waals surface area contributed by atoms with Gasteiger partial charge in [-0.05, 0) is 35.6 Å². The van der Waals surface area contributed by atoms with Crippen LogP contribution in [0.4, 0.5) is 13.2 Å². The lowest BCUT2D eigenvalue weighted by Gasteiger charge is -2.26. The zero-order chi connectivity index (χ0) is 24.8. The molecule has 0 aliphatic carbocycles. The highest BCUT2D eigenvalue weighted by Crippen LogP contribution is 2.24. The number of hydrogen-bond donors (Lipinski definition) is 2. The number of carbonyl (C=O) groups excluding carboxylic acids is 3. The SMILES string of the molecule is CC(C)[C@H](NC(=O)[C@@H](NC(=O)CCc1ccc(Cl)c(Cl)c1)c1ccccc1)C(=O)C(F)(F)F. The smallest absolute Gasteiger partial charge is 0.344 e. The zero-order valence-electron chi connectivity index (χ0n) is 17.9. The molecule has 0 unspecified atom stereocenters. The lowest BCUT2D eigenvalue weighted by atomic mass is 9.98. The summed E-state index contributed by atoms with van der Waals surface area (Å²) < 4.78 is 38.9. The number of alkyl halides is 3. The summed E-state index contributed by atoms with van der Waals surface area (Å²) in [7, 11) is 0. The second-order valence-corrected chi connectivity index (χ2v) is 8.57. The van der Waals surface area contributed by atoms with Crippen LogP contribution in [0.1, 0.15) is 37.4 Å². The number of amides is 2. The van der Waals surface area contributed by atoms with Crippen LogP contribution in [-0.2, 0) is 20.8 Å². The van der Waals surface area contributed by atoms with Crippen molar-refractivity contribution in [2.45, 2.75) is 44.9 Å². The lowest BCUT2D eigenvalue weighted by molar-refractivity contribution is -0.175. The summed E-state index contributed by atoms with van der Waals surface area (Å²) >= 11 is 11.9. The number of carbonyl (C=O) groups is 3. The maximum atomic E-state index is 13.0. The molecule has 0 aromatic heterocycles. The summed E-state index contributed by atoms with van der Waals surface area (Å²) in [6, 6.07) is 9.91. The van der Waals surface area contributed by atoms with Gasteiger partial charge in [0.2, 0.25) is 11.8 Å². The third kappa shape index (κ3) is 7.75. The molecule has 33 heavy (non-hydrogen) atoms. The van der Waals surface area contributed by atoms with E-state index in [4.69, 9.17) is 23.2 Å². The predicted octanol–water partition coefficient (Wildman–Crippen LogP) is 5.06. The molecule has 10 heteroatoms. The van der Waals surface area contributed by atoms with Crippen molar-refractivity contribution < 1.29 is 27.6 Å². The fourth-order valence-corrected chi connectivity index (χ4v) is 3.40. The minimum Gasteiger partial charge on any atom is -0.344 e. The minimum atomic E-state index is -5.10. The van der Waals surface area contributed by atoms with Crippen molar-refractivity contribution in [1.29, 1.82) is 0 Å². The van der Waals surface area contributed by atoms with Crippen molar-refractivity contribution in [2.75, 3.05) is 0 Å². The number of nitrogens with one attached hydrogen (secondary N) is 2. The van der Waals surface area contributed by atoms with Crippen molar-refractivity contribution >= 4 is 40.8 Å². The van der Waals surface area contributed by atoms with Crippen molar-refractivity contribution in [3.63, 3.8) is 0 Å². The Kier molecular flexibility index (Phi) is 9.31. The van der Waals surface area contributed by atoms with E-state index in [-0.39, 0.29) is 6.42 Å². The van der Waals surface area contributed by atoms with Gasteiger partial charge in [-0.1, -0.05) is 73.4 Å². The molecule has 0 radical (unpaired) electrons. The normalized spacial score (nSPS) is 13.3. The molecule has 2 amide bonds. The second kappa shape index (κ2) is 11.5. The van der Waals surface area contributed by atoms with Crippen molar-refractivity contribution in [3.05, 3.63) is 69.7 Å². The Morgan fingerprint density at radius 2 is 1.58 bits per heavy atom. The molecule has 2 N–H and O–H groups in total. The van der Waals surface area contributed by atoms with Crippen LogP contribution in [0.2, 0.25) is 10.0 Å². The van der Waals surface area contributed by atoms with Gasteiger partial charge < -0.3 is 10.6 Å². The van der Waals surface area contributed by atoms with Gasteiger partial charge in [0.25, 0.3) is 5.78 Å². The first-order chi connectivity index (χ1) is 15.4. The Morgan fingerprint density at radius 3 is 2.12 bits per heavy atom. The summed E-state index contributed by atoms with van der Waals surface area (Å²) in [5.41, 5.74) is 1.11. The average molecular weight is 503 g/mol. The molecule has 2 atom stereocenters. The van der Waals surface area contributed by atoms with Crippen LogP contribution in [0.25, 0.3) is 0 Å². The van der Waals surface area contributed by atoms with Crippen LogP contribution in [0.15, 0.2) is 48.5 Å². The first-order valence-electron chi connectivity index (χ1n) is 10.1. The van der Waals surface area contributed by atoms with Gasteiger partial charge in [-0.25, -0.2) is 0 Å². The van der Waals surface area contributed by atoms with E-state index in [9.17, 15) is 27.6 Å². The fourth-order valence-electron chi connectivity index (χ4n) is 3.08. The molecule has 178 valence electrons. The second-order valence-electron chi connectivity index (χ2n) is 7.75. The predicted molar refractivity (Wildman–Crippen MR) is 120 cm³/mol. The monoisotopic (exact) mass is 502 g/mol. The molecular weight excluding hydrogens is 480 g/mol. The molecule has 0 spiro atoms. The topological polar surface area (TPSA) is 75.3 Å². The van der Waals surface area contributed by atoms with Crippen LogP contribution in [-0.4, -0.2) is 29.8 Å². The number of halogens is 5. The van der Waals surface area contributed by atoms with Crippen molar-refractivity contribution in [3.8, 4) is 0 Å². The standard InChI is InChI=1S/C23H23Cl2F3N2O3/c1-13(2)19(21(32)23(26,27)28)30-22(33)20(15-6-4-3-5-7-15)29-18(31)11-9-14-8-10-16(24)17(25)12-14/h3-8,10,12-13,19-20H,9,11H2,1-2H3,(H,29,31)(H,30,33)/t19-,20-/m0/s1. The van der Waals surface area contributed by atoms with Crippen molar-refractivity contribution in [1.82, 2.24) is 10.6 Å². The van der Waals surface area contributed by atoms with Crippen LogP contribution < -0.4 is 10.6 Å². The number of rotatable bonds is 9. The summed E-state index contributed by atoms with van der Waals surface area (Å²) in [5.74, 6) is -4.29. The van der Waals surface area contributed by atoms with Gasteiger partial charge in [0.1, 0.15) is 6.04 Å². The van der Waals surface area contributed by atoms with Crippen LogP contribution in [0, 0.1) is 5.92 Å². The highest BCUT2D eigenvalue weighted by molar-refractivity contribution is 6.42. The first kappa shape index (κ1) is 26.7. The van der Waals surface area contributed by atoms with E-state index in [2.05, 4.69) is 10.6 Å². The van der Waals surface area contributed by atoms with E-state index in [0.29, 0.717) is 22.0 Å². The molecule has 0 aliphatic rings. The molecule has 5 nitrogen and oxygen atoms in total. The number of ketones is 1. The number of hydrogen-bond acceptors (Lipinski definition) is 3. The van der Waals surface area contributed by atoms with E-state index in [1.54, 1.807) is 48.5 Å². The Labute approximate surface area is 199 Å². The van der Waals surface area contributed by atoms with E-state index >= 15 is 0 Å². The Morgan fingerprint density at radius 1 is 0.939 bits per heavy atom. The molecule has 2 aromatic rings. The van der Waals surface area contributed by atoms with Crippen LogP contribution in [0.3, 0.4) is 0 Å². The van der Waals surface area contributed by atoms with E-state index < -0.39 is 41.8 Å². The van der Waals surface area contributed by atoms with Crippen LogP contribution in [0.5, 0.6) is 0 Å². The summed E-state index contributed by atoms with van der Waals surface area (Å²) in [6.07, 6.45) is -4.82. The molecule has 2 aromatic carbocycles. The van der Waals surface area contributed by atoms with Crippen LogP contribution >= 0.6 is 23.2 Å². The van der Waals surface area contributed by atoms with Gasteiger partial charge in [-0.3, -0.25) is 14.4 Å². The molecular formula is C23H23Cl2F3N2O3. The highest BCUT2D eigenvalue weighted by atomic mass is 35.5. The number of aryl methyl sites for hydroxylation is 1. The first-order valence-corrected chi connectivity index (χ1v) is 10.9. The third-order valence-corrected chi connectivity index (χ3v) is 5.59. The average Bonchev–Trinajstić information content (AvgIpc) is 2.75. The van der Waals surface area contributed by atoms with Gasteiger partial charge in [0, 0.05) is 6.42 Å². The maximum Gasteiger partial charge on any atom is 0.452 e. The quantitative estimate of drug-likeness (QED) is 0.503. The number of Topliss-reactive ketones (excluding diaryl/α,β-unsaturated/α-hetero) is 1. The fraction of sp³-hybridized carbons (Fsp3) is 0.348. The highest BCUT2D eigenvalue weighted by Gasteiger charge is 2.45. The van der Waals surface area contributed by atoms with Gasteiger partial charge >= 0.3 is 6.18 Å². The molecule has 0 fully saturated rings. The minimum absolute atomic E-state index is 0.0103. The van der Waals surface area contributed by atoms with E-state index in [1.807, 2.05) is 0 Å². The molecule has 2 rings (SSSR count). The number of benzene rings is 2. The van der Waals surface area contributed by atoms with E-state index in [1.165, 1.54) is 13.8 Å². The molecule has 0 heterocycles. The van der Waals surface area contributed by atoms with Gasteiger partial charge in [-0.15, -0.1) is 0 Å². The Hall–Kier alpha value is -2.58. The van der Waals surface area contributed by atoms with E-state index in [0.717, 1.165) is 5.56 Å². The van der Waals surface area contributed by atoms with Crippen molar-refractivity contribution in [2.24, 2.45) is 5.92 Å². The van der Waals surface area contributed by atoms with Gasteiger partial charge in [-0.2, -0.15) is 13.2 Å². The summed E-state index contributed by atoms with van der Waals surface area (Å²) in [4.78, 5) is 37.3. The third-order valence-electron chi connectivity index (χ3n) is 4.85. The zero-order valence-corrected chi connectivity index (χ0v) is 19.4. The summed E-state index contributed by atoms with van der Waals surface area (Å²) in [6.45, 7) is 2.78. The van der Waals surface area contributed by atoms with Gasteiger partial charge in [0.15, 0.2) is 0 Å². The Bertz CT molecular complexity index is 998. The summed E-state index contributed by atoms with van der Waals surface area (Å²) in [5, 5.41) is 5.42. The Balaban J connectivity index is 2.17. The lowest BCUT2D eigenvalue weighted by Crippen LogP contribution is -2.52. The molecule has 0 saturated heterocycles. The molecule has 0 bridgehead atoms. The maximum absolute atomic E-state index is 13.0. The molecule has 0 aliphatic heterocycles. The largest absolute Gasteiger partial charge is 0.452 e. The van der Waals surface area contributed by atoms with Gasteiger partial charge in [0.05, 0.1) is 16.1 Å². The molecule has 0 saturated carbocycles.